The highest BCUT2D eigenvalue weighted by molar-refractivity contribution is 5.68. The van der Waals surface area contributed by atoms with Gasteiger partial charge in [-0.3, -0.25) is 4.90 Å². The summed E-state index contributed by atoms with van der Waals surface area (Å²) in [6.45, 7) is 10.2. The van der Waals surface area contributed by atoms with E-state index in [0.717, 1.165) is 54.3 Å². The molecule has 194 valence electrons. The van der Waals surface area contributed by atoms with Gasteiger partial charge in [-0.15, -0.1) is 0 Å². The van der Waals surface area contributed by atoms with Gasteiger partial charge < -0.3 is 24.0 Å². The fourth-order valence-electron chi connectivity index (χ4n) is 4.42. The number of anilines is 1. The van der Waals surface area contributed by atoms with Crippen molar-refractivity contribution in [1.82, 2.24) is 10.1 Å². The summed E-state index contributed by atoms with van der Waals surface area (Å²) < 4.78 is 17.3. The maximum absolute atomic E-state index is 10.9. The van der Waals surface area contributed by atoms with Crippen LogP contribution in [0.4, 0.5) is 5.88 Å². The average Bonchev–Trinajstić information content (AvgIpc) is 3.32. The summed E-state index contributed by atoms with van der Waals surface area (Å²) in [5.74, 6) is 1.37. The van der Waals surface area contributed by atoms with Crippen LogP contribution < -0.4 is 4.90 Å². The van der Waals surface area contributed by atoms with Gasteiger partial charge in [0, 0.05) is 31.7 Å². The Morgan fingerprint density at radius 2 is 1.72 bits per heavy atom. The summed E-state index contributed by atoms with van der Waals surface area (Å²) in [6.07, 6.45) is 0.448. The Hall–Kier alpha value is -2.71. The molecule has 1 atom stereocenters. The Morgan fingerprint density at radius 1 is 1.03 bits per heavy atom. The third-order valence-electron chi connectivity index (χ3n) is 6.41. The van der Waals surface area contributed by atoms with Crippen LogP contribution in [-0.4, -0.2) is 67.3 Å². The lowest BCUT2D eigenvalue weighted by Gasteiger charge is -2.29. The molecule has 1 aromatic heterocycles. The Morgan fingerprint density at radius 3 is 2.42 bits per heavy atom. The summed E-state index contributed by atoms with van der Waals surface area (Å²) in [6, 6.07) is 20.2. The quantitative estimate of drug-likeness (QED) is 0.373. The van der Waals surface area contributed by atoms with E-state index >= 15 is 0 Å². The van der Waals surface area contributed by atoms with E-state index in [1.807, 2.05) is 48.5 Å². The minimum atomic E-state index is -0.590. The number of hydrogen-bond donors (Lipinski definition) is 1. The van der Waals surface area contributed by atoms with Crippen molar-refractivity contribution in [3.05, 3.63) is 71.8 Å². The second-order valence-corrected chi connectivity index (χ2v) is 9.85. The molecule has 7 heteroatoms. The van der Waals surface area contributed by atoms with Crippen molar-refractivity contribution in [2.75, 3.05) is 50.9 Å². The molecule has 0 spiro atoms. The topological polar surface area (TPSA) is 71.2 Å². The summed E-state index contributed by atoms with van der Waals surface area (Å²) in [5, 5.41) is 15.4. The van der Waals surface area contributed by atoms with Gasteiger partial charge in [0.2, 0.25) is 5.88 Å². The van der Waals surface area contributed by atoms with Crippen molar-refractivity contribution in [3.63, 3.8) is 0 Å². The van der Waals surface area contributed by atoms with Gasteiger partial charge in [0.15, 0.2) is 0 Å². The molecule has 1 fully saturated rings. The Labute approximate surface area is 214 Å². The molecule has 0 amide bonds. The SMILES string of the molecule is CC(C)CCN(Cc1c(-c2ccccc2)noc1N1CCOCC1)C[C@@H](O)COCc1ccccc1. The second kappa shape index (κ2) is 13.6. The Kier molecular flexibility index (Phi) is 9.93. The number of ether oxygens (including phenoxy) is 2. The van der Waals surface area contributed by atoms with Crippen molar-refractivity contribution in [3.8, 4) is 11.3 Å². The lowest BCUT2D eigenvalue weighted by molar-refractivity contribution is 0.00790. The molecule has 0 unspecified atom stereocenters. The van der Waals surface area contributed by atoms with E-state index in [4.69, 9.17) is 14.0 Å². The zero-order valence-electron chi connectivity index (χ0n) is 21.5. The molecule has 3 aromatic rings. The van der Waals surface area contributed by atoms with Crippen molar-refractivity contribution < 1.29 is 19.1 Å². The zero-order chi connectivity index (χ0) is 25.2. The number of aliphatic hydroxyl groups excluding tert-OH is 1. The highest BCUT2D eigenvalue weighted by atomic mass is 16.5. The Balaban J connectivity index is 1.49. The van der Waals surface area contributed by atoms with Crippen LogP contribution in [0.5, 0.6) is 0 Å². The lowest BCUT2D eigenvalue weighted by atomic mass is 10.1. The number of aliphatic hydroxyl groups is 1. The predicted octanol–water partition coefficient (Wildman–Crippen LogP) is 4.60. The summed E-state index contributed by atoms with van der Waals surface area (Å²) >= 11 is 0. The molecule has 0 bridgehead atoms. The first kappa shape index (κ1) is 26.4. The van der Waals surface area contributed by atoms with Crippen LogP contribution in [0.25, 0.3) is 11.3 Å². The van der Waals surface area contributed by atoms with Crippen molar-refractivity contribution in [2.45, 2.75) is 39.5 Å². The molecule has 2 aromatic carbocycles. The average molecular weight is 494 g/mol. The zero-order valence-corrected chi connectivity index (χ0v) is 21.5. The van der Waals surface area contributed by atoms with Crippen LogP contribution in [0.15, 0.2) is 65.2 Å². The fraction of sp³-hybridized carbons (Fsp3) is 0.483. The fourth-order valence-corrected chi connectivity index (χ4v) is 4.42. The van der Waals surface area contributed by atoms with E-state index in [9.17, 15) is 5.11 Å². The van der Waals surface area contributed by atoms with Crippen LogP contribution in [0.3, 0.4) is 0 Å². The van der Waals surface area contributed by atoms with E-state index in [0.29, 0.717) is 45.4 Å². The van der Waals surface area contributed by atoms with Gasteiger partial charge in [-0.1, -0.05) is 79.7 Å². The molecule has 7 nitrogen and oxygen atoms in total. The molecule has 36 heavy (non-hydrogen) atoms. The number of rotatable bonds is 13. The minimum absolute atomic E-state index is 0.290. The molecule has 0 aliphatic carbocycles. The van der Waals surface area contributed by atoms with Gasteiger partial charge in [0.1, 0.15) is 5.69 Å². The Bertz CT molecular complexity index is 1020. The molecule has 0 radical (unpaired) electrons. The number of nitrogens with zero attached hydrogens (tertiary/aromatic N) is 3. The van der Waals surface area contributed by atoms with Gasteiger partial charge in [-0.25, -0.2) is 0 Å². The lowest BCUT2D eigenvalue weighted by Crippen LogP contribution is -2.38. The van der Waals surface area contributed by atoms with Crippen LogP contribution in [0.1, 0.15) is 31.4 Å². The standard InChI is InChI=1S/C29H39N3O4/c1-23(2)13-14-31(19-26(33)22-35-21-24-9-5-3-6-10-24)20-27-28(25-11-7-4-8-12-25)30-36-29(27)32-15-17-34-18-16-32/h3-12,23,26,33H,13-22H2,1-2H3/t26-/m1/s1. The van der Waals surface area contributed by atoms with Crippen molar-refractivity contribution >= 4 is 5.88 Å². The van der Waals surface area contributed by atoms with E-state index in [1.54, 1.807) is 0 Å². The van der Waals surface area contributed by atoms with Gasteiger partial charge in [0.25, 0.3) is 0 Å². The van der Waals surface area contributed by atoms with Crippen LogP contribution in [0, 0.1) is 5.92 Å². The smallest absolute Gasteiger partial charge is 0.232 e. The second-order valence-electron chi connectivity index (χ2n) is 9.85. The third-order valence-corrected chi connectivity index (χ3v) is 6.41. The summed E-state index contributed by atoms with van der Waals surface area (Å²) in [5.41, 5.74) is 4.06. The molecular weight excluding hydrogens is 454 g/mol. The summed E-state index contributed by atoms with van der Waals surface area (Å²) in [4.78, 5) is 4.53. The summed E-state index contributed by atoms with van der Waals surface area (Å²) in [7, 11) is 0. The minimum Gasteiger partial charge on any atom is -0.389 e. The van der Waals surface area contributed by atoms with Gasteiger partial charge in [-0.05, 0) is 24.4 Å². The largest absolute Gasteiger partial charge is 0.389 e. The molecule has 0 saturated carbocycles. The molecular formula is C29H39N3O4. The van der Waals surface area contributed by atoms with Crippen molar-refractivity contribution in [1.29, 1.82) is 0 Å². The van der Waals surface area contributed by atoms with Crippen molar-refractivity contribution in [2.24, 2.45) is 5.92 Å². The first-order chi connectivity index (χ1) is 17.6. The number of hydrogen-bond acceptors (Lipinski definition) is 7. The van der Waals surface area contributed by atoms with Crippen LogP contribution in [0.2, 0.25) is 0 Å². The van der Waals surface area contributed by atoms with E-state index in [2.05, 4.69) is 40.9 Å². The molecule has 1 N–H and O–H groups in total. The number of aromatic nitrogens is 1. The normalized spacial score (nSPS) is 15.1. The van der Waals surface area contributed by atoms with Gasteiger partial charge in [-0.2, -0.15) is 0 Å². The van der Waals surface area contributed by atoms with Crippen LogP contribution >= 0.6 is 0 Å². The van der Waals surface area contributed by atoms with Gasteiger partial charge in [0.05, 0.1) is 38.1 Å². The third kappa shape index (κ3) is 7.64. The molecule has 2 heterocycles. The molecule has 1 aliphatic heterocycles. The maximum atomic E-state index is 10.9. The number of benzene rings is 2. The first-order valence-electron chi connectivity index (χ1n) is 13.0. The first-order valence-corrected chi connectivity index (χ1v) is 13.0. The van der Waals surface area contributed by atoms with Gasteiger partial charge >= 0.3 is 0 Å². The molecule has 1 saturated heterocycles. The highest BCUT2D eigenvalue weighted by Crippen LogP contribution is 2.33. The predicted molar refractivity (Wildman–Crippen MR) is 142 cm³/mol. The monoisotopic (exact) mass is 493 g/mol. The van der Waals surface area contributed by atoms with E-state index in [1.165, 1.54) is 0 Å². The van der Waals surface area contributed by atoms with Crippen LogP contribution in [-0.2, 0) is 22.6 Å². The van der Waals surface area contributed by atoms with E-state index < -0.39 is 6.10 Å². The van der Waals surface area contributed by atoms with E-state index in [-0.39, 0.29) is 0 Å². The highest BCUT2D eigenvalue weighted by Gasteiger charge is 2.26. The molecule has 1 aliphatic rings. The maximum Gasteiger partial charge on any atom is 0.232 e. The number of morpholine rings is 1. The molecule has 4 rings (SSSR count).